The van der Waals surface area contributed by atoms with E-state index in [-0.39, 0.29) is 12.6 Å². The Balaban J connectivity index is 2.14. The van der Waals surface area contributed by atoms with Crippen LogP contribution in [0.5, 0.6) is 11.5 Å². The van der Waals surface area contributed by atoms with Gasteiger partial charge in [-0.2, -0.15) is 4.98 Å². The second-order valence-electron chi connectivity index (χ2n) is 4.77. The van der Waals surface area contributed by atoms with E-state index in [4.69, 9.17) is 14.0 Å². The zero-order chi connectivity index (χ0) is 16.8. The first-order valence-electron chi connectivity index (χ1n) is 7.13. The van der Waals surface area contributed by atoms with Gasteiger partial charge in [0.2, 0.25) is 11.7 Å². The lowest BCUT2D eigenvalue weighted by atomic mass is 10.2. The molecule has 2 amide bonds. The van der Waals surface area contributed by atoms with E-state index in [9.17, 15) is 4.79 Å². The first-order chi connectivity index (χ1) is 11.1. The summed E-state index contributed by atoms with van der Waals surface area (Å²) in [6.07, 6.45) is 0. The van der Waals surface area contributed by atoms with E-state index >= 15 is 0 Å². The number of carbonyl (C=O) groups is 1. The number of benzene rings is 1. The Morgan fingerprint density at radius 1 is 1.30 bits per heavy atom. The number of methoxy groups -OCH3 is 2. The van der Waals surface area contributed by atoms with Crippen LogP contribution in [-0.2, 0) is 6.54 Å². The van der Waals surface area contributed by atoms with Gasteiger partial charge in [-0.15, -0.1) is 0 Å². The van der Waals surface area contributed by atoms with Gasteiger partial charge in [0.15, 0.2) is 11.5 Å². The van der Waals surface area contributed by atoms with E-state index in [0.717, 1.165) is 5.56 Å². The molecule has 23 heavy (non-hydrogen) atoms. The number of hydrogen-bond acceptors (Lipinski definition) is 6. The molecule has 0 aliphatic rings. The van der Waals surface area contributed by atoms with E-state index < -0.39 is 0 Å². The third kappa shape index (κ3) is 3.91. The minimum Gasteiger partial charge on any atom is -0.493 e. The quantitative estimate of drug-likeness (QED) is 0.874. The van der Waals surface area contributed by atoms with E-state index in [1.54, 1.807) is 33.4 Å². The number of carbonyl (C=O) groups excluding carboxylic acids is 1. The highest BCUT2D eigenvalue weighted by Crippen LogP contribution is 2.31. The van der Waals surface area contributed by atoms with Crippen LogP contribution in [0.4, 0.5) is 4.79 Å². The summed E-state index contributed by atoms with van der Waals surface area (Å²) < 4.78 is 15.6. The Kier molecular flexibility index (Phi) is 5.40. The van der Waals surface area contributed by atoms with Gasteiger partial charge in [0.05, 0.1) is 14.2 Å². The van der Waals surface area contributed by atoms with Gasteiger partial charge < -0.3 is 24.2 Å². The molecule has 0 radical (unpaired) electrons. The molecular formula is C15H20N4O4. The number of nitrogens with zero attached hydrogens (tertiary/aromatic N) is 3. The molecule has 0 atom stereocenters. The van der Waals surface area contributed by atoms with Gasteiger partial charge in [0.25, 0.3) is 0 Å². The molecule has 8 nitrogen and oxygen atoms in total. The zero-order valence-electron chi connectivity index (χ0n) is 13.6. The summed E-state index contributed by atoms with van der Waals surface area (Å²) in [5.74, 6) is 1.97. The fourth-order valence-electron chi connectivity index (χ4n) is 1.97. The van der Waals surface area contributed by atoms with Crippen LogP contribution in [0.2, 0.25) is 0 Å². The zero-order valence-corrected chi connectivity index (χ0v) is 13.6. The molecule has 0 unspecified atom stereocenters. The van der Waals surface area contributed by atoms with Gasteiger partial charge in [-0.25, -0.2) is 4.79 Å². The summed E-state index contributed by atoms with van der Waals surface area (Å²) in [6, 6.07) is 5.15. The fourth-order valence-corrected chi connectivity index (χ4v) is 1.97. The van der Waals surface area contributed by atoms with Crippen molar-refractivity contribution in [3.8, 4) is 22.9 Å². The maximum atomic E-state index is 11.7. The van der Waals surface area contributed by atoms with E-state index in [0.29, 0.717) is 29.8 Å². The highest BCUT2D eigenvalue weighted by molar-refractivity contribution is 5.73. The lowest BCUT2D eigenvalue weighted by Crippen LogP contribution is -2.36. The predicted molar refractivity (Wildman–Crippen MR) is 83.4 cm³/mol. The van der Waals surface area contributed by atoms with Crippen LogP contribution in [0.25, 0.3) is 11.4 Å². The first kappa shape index (κ1) is 16.6. The maximum absolute atomic E-state index is 11.7. The second kappa shape index (κ2) is 7.48. The molecule has 1 aromatic heterocycles. The number of amides is 2. The van der Waals surface area contributed by atoms with Gasteiger partial charge in [-0.05, 0) is 25.1 Å². The molecule has 0 bridgehead atoms. The number of nitrogens with one attached hydrogen (secondary N) is 1. The Bertz CT molecular complexity index is 671. The van der Waals surface area contributed by atoms with Crippen LogP contribution in [-0.4, -0.2) is 48.9 Å². The summed E-state index contributed by atoms with van der Waals surface area (Å²) in [6.45, 7) is 2.64. The molecule has 0 saturated heterocycles. The Morgan fingerprint density at radius 2 is 2.04 bits per heavy atom. The van der Waals surface area contributed by atoms with Crippen molar-refractivity contribution in [2.24, 2.45) is 0 Å². The average molecular weight is 320 g/mol. The molecule has 124 valence electrons. The normalized spacial score (nSPS) is 10.3. The van der Waals surface area contributed by atoms with Gasteiger partial charge in [0, 0.05) is 19.2 Å². The van der Waals surface area contributed by atoms with Gasteiger partial charge in [-0.1, -0.05) is 5.16 Å². The van der Waals surface area contributed by atoms with Crippen LogP contribution < -0.4 is 14.8 Å². The molecule has 1 heterocycles. The Labute approximate surface area is 134 Å². The van der Waals surface area contributed by atoms with Crippen molar-refractivity contribution < 1.29 is 18.8 Å². The number of aromatic nitrogens is 2. The summed E-state index contributed by atoms with van der Waals surface area (Å²) in [4.78, 5) is 17.4. The van der Waals surface area contributed by atoms with Crippen molar-refractivity contribution in [1.29, 1.82) is 0 Å². The van der Waals surface area contributed by atoms with Crippen molar-refractivity contribution in [1.82, 2.24) is 20.4 Å². The predicted octanol–water partition coefficient (Wildman–Crippen LogP) is 1.92. The number of urea groups is 1. The van der Waals surface area contributed by atoms with Crippen molar-refractivity contribution in [3.63, 3.8) is 0 Å². The molecule has 0 aliphatic heterocycles. The summed E-state index contributed by atoms with van der Waals surface area (Å²) in [7, 11) is 4.79. The Hall–Kier alpha value is -2.77. The van der Waals surface area contributed by atoms with E-state index in [2.05, 4.69) is 15.5 Å². The van der Waals surface area contributed by atoms with Crippen LogP contribution in [0.3, 0.4) is 0 Å². The van der Waals surface area contributed by atoms with Crippen molar-refractivity contribution in [3.05, 3.63) is 24.1 Å². The van der Waals surface area contributed by atoms with Crippen molar-refractivity contribution >= 4 is 6.03 Å². The lowest BCUT2D eigenvalue weighted by Gasteiger charge is -2.14. The van der Waals surface area contributed by atoms with Crippen LogP contribution in [0, 0.1) is 0 Å². The smallest absolute Gasteiger partial charge is 0.317 e. The minimum atomic E-state index is -0.196. The molecule has 0 saturated carbocycles. The lowest BCUT2D eigenvalue weighted by molar-refractivity contribution is 0.200. The second-order valence-corrected chi connectivity index (χ2v) is 4.77. The summed E-state index contributed by atoms with van der Waals surface area (Å²) >= 11 is 0. The highest BCUT2D eigenvalue weighted by Gasteiger charge is 2.15. The Morgan fingerprint density at radius 3 is 2.70 bits per heavy atom. The van der Waals surface area contributed by atoms with Crippen molar-refractivity contribution in [2.75, 3.05) is 27.8 Å². The first-order valence-corrected chi connectivity index (χ1v) is 7.13. The molecular weight excluding hydrogens is 300 g/mol. The average Bonchev–Trinajstić information content (AvgIpc) is 3.02. The monoisotopic (exact) mass is 320 g/mol. The summed E-state index contributed by atoms with van der Waals surface area (Å²) in [5, 5.41) is 6.63. The maximum Gasteiger partial charge on any atom is 0.317 e. The van der Waals surface area contributed by atoms with Crippen LogP contribution >= 0.6 is 0 Å². The van der Waals surface area contributed by atoms with Gasteiger partial charge in [-0.3, -0.25) is 0 Å². The molecule has 1 N–H and O–H groups in total. The van der Waals surface area contributed by atoms with Gasteiger partial charge in [0.1, 0.15) is 6.54 Å². The fraction of sp³-hybridized carbons (Fsp3) is 0.400. The molecule has 0 fully saturated rings. The molecule has 2 aromatic rings. The molecule has 1 aromatic carbocycles. The number of ether oxygens (including phenoxy) is 2. The van der Waals surface area contributed by atoms with Gasteiger partial charge >= 0.3 is 6.03 Å². The summed E-state index contributed by atoms with van der Waals surface area (Å²) in [5.41, 5.74) is 0.735. The highest BCUT2D eigenvalue weighted by atomic mass is 16.5. The third-order valence-corrected chi connectivity index (χ3v) is 3.16. The minimum absolute atomic E-state index is 0.196. The molecule has 2 rings (SSSR count). The topological polar surface area (TPSA) is 89.7 Å². The van der Waals surface area contributed by atoms with Crippen LogP contribution in [0.15, 0.2) is 22.7 Å². The van der Waals surface area contributed by atoms with E-state index in [1.807, 2.05) is 13.0 Å². The molecule has 0 spiro atoms. The third-order valence-electron chi connectivity index (χ3n) is 3.16. The molecule has 8 heteroatoms. The van der Waals surface area contributed by atoms with E-state index in [1.165, 1.54) is 4.90 Å². The largest absolute Gasteiger partial charge is 0.493 e. The molecule has 0 aliphatic carbocycles. The number of hydrogen-bond donors (Lipinski definition) is 1. The number of rotatable bonds is 6. The van der Waals surface area contributed by atoms with Crippen LogP contribution in [0.1, 0.15) is 12.8 Å². The standard InChI is InChI=1S/C15H20N4O4/c1-5-16-15(20)19(2)9-13-17-14(18-23-13)10-6-7-11(21-3)12(8-10)22-4/h6-8H,5,9H2,1-4H3,(H,16,20). The van der Waals surface area contributed by atoms with Crippen molar-refractivity contribution in [2.45, 2.75) is 13.5 Å². The SMILES string of the molecule is CCNC(=O)N(C)Cc1nc(-c2ccc(OC)c(OC)c2)no1.